The highest BCUT2D eigenvalue weighted by molar-refractivity contribution is 5.83. The van der Waals surface area contributed by atoms with Crippen molar-refractivity contribution in [2.75, 3.05) is 13.7 Å². The molecule has 1 amide bonds. The standard InChI is InChI=1S/C21H26N2O3/c1-26-21(25)18(13-23-20(24)17-8-9-19(22)12-17)11-14-6-7-15-4-2-3-5-16(15)10-14/h2-7,10,17-19H,8-9,11-13,22H2,1H3,(H,23,24). The molecule has 1 fully saturated rings. The molecule has 3 unspecified atom stereocenters. The summed E-state index contributed by atoms with van der Waals surface area (Å²) in [6.07, 6.45) is 2.96. The SMILES string of the molecule is COC(=O)C(CNC(=O)C1CCC(N)C1)Cc1ccc2ccccc2c1. The van der Waals surface area contributed by atoms with Gasteiger partial charge in [0.25, 0.3) is 0 Å². The smallest absolute Gasteiger partial charge is 0.310 e. The molecule has 0 aromatic heterocycles. The van der Waals surface area contributed by atoms with Crippen LogP contribution in [0.2, 0.25) is 0 Å². The molecular weight excluding hydrogens is 328 g/mol. The average molecular weight is 354 g/mol. The molecule has 0 saturated heterocycles. The molecule has 0 bridgehead atoms. The first-order valence-corrected chi connectivity index (χ1v) is 9.15. The summed E-state index contributed by atoms with van der Waals surface area (Å²) >= 11 is 0. The normalized spacial score (nSPS) is 20.7. The Hall–Kier alpha value is -2.40. The van der Waals surface area contributed by atoms with Gasteiger partial charge in [0.05, 0.1) is 13.0 Å². The van der Waals surface area contributed by atoms with Crippen molar-refractivity contribution in [2.24, 2.45) is 17.6 Å². The number of ether oxygens (including phenoxy) is 1. The van der Waals surface area contributed by atoms with Gasteiger partial charge in [-0.05, 0) is 42.0 Å². The zero-order chi connectivity index (χ0) is 18.5. The lowest BCUT2D eigenvalue weighted by molar-refractivity contribution is -0.145. The predicted molar refractivity (Wildman–Crippen MR) is 101 cm³/mol. The van der Waals surface area contributed by atoms with Gasteiger partial charge in [-0.25, -0.2) is 0 Å². The molecule has 1 aliphatic rings. The van der Waals surface area contributed by atoms with E-state index >= 15 is 0 Å². The van der Waals surface area contributed by atoms with E-state index in [9.17, 15) is 9.59 Å². The summed E-state index contributed by atoms with van der Waals surface area (Å²) in [5.41, 5.74) is 6.93. The van der Waals surface area contributed by atoms with Crippen molar-refractivity contribution in [2.45, 2.75) is 31.7 Å². The van der Waals surface area contributed by atoms with E-state index in [4.69, 9.17) is 10.5 Å². The largest absolute Gasteiger partial charge is 0.469 e. The fourth-order valence-corrected chi connectivity index (χ4v) is 3.68. The van der Waals surface area contributed by atoms with Crippen molar-refractivity contribution in [1.82, 2.24) is 5.32 Å². The highest BCUT2D eigenvalue weighted by Crippen LogP contribution is 2.24. The zero-order valence-electron chi connectivity index (χ0n) is 15.1. The average Bonchev–Trinajstić information content (AvgIpc) is 3.10. The van der Waals surface area contributed by atoms with Crippen LogP contribution in [0.25, 0.3) is 10.8 Å². The summed E-state index contributed by atoms with van der Waals surface area (Å²) in [6.45, 7) is 0.282. The highest BCUT2D eigenvalue weighted by atomic mass is 16.5. The Balaban J connectivity index is 1.65. The summed E-state index contributed by atoms with van der Waals surface area (Å²) in [7, 11) is 1.38. The molecule has 3 rings (SSSR count). The van der Waals surface area contributed by atoms with Gasteiger partial charge in [-0.2, -0.15) is 0 Å². The number of carbonyl (C=O) groups excluding carboxylic acids is 2. The van der Waals surface area contributed by atoms with E-state index in [0.29, 0.717) is 6.42 Å². The minimum Gasteiger partial charge on any atom is -0.469 e. The van der Waals surface area contributed by atoms with Gasteiger partial charge in [-0.1, -0.05) is 42.5 Å². The van der Waals surface area contributed by atoms with Gasteiger partial charge >= 0.3 is 5.97 Å². The first kappa shape index (κ1) is 18.4. The molecule has 26 heavy (non-hydrogen) atoms. The molecule has 2 aromatic rings. The third kappa shape index (κ3) is 4.41. The maximum absolute atomic E-state index is 12.3. The zero-order valence-corrected chi connectivity index (χ0v) is 15.1. The van der Waals surface area contributed by atoms with Gasteiger partial charge in [0.1, 0.15) is 0 Å². The van der Waals surface area contributed by atoms with Crippen molar-refractivity contribution >= 4 is 22.6 Å². The van der Waals surface area contributed by atoms with Crippen LogP contribution in [-0.4, -0.2) is 31.6 Å². The molecule has 1 aliphatic carbocycles. The van der Waals surface area contributed by atoms with Crippen molar-refractivity contribution in [3.63, 3.8) is 0 Å². The number of amides is 1. The Kier molecular flexibility index (Phi) is 5.89. The monoisotopic (exact) mass is 354 g/mol. The molecule has 0 aliphatic heterocycles. The Bertz CT molecular complexity index is 790. The maximum atomic E-state index is 12.3. The van der Waals surface area contributed by atoms with E-state index in [2.05, 4.69) is 29.6 Å². The number of carbonyl (C=O) groups is 2. The maximum Gasteiger partial charge on any atom is 0.310 e. The van der Waals surface area contributed by atoms with Gasteiger partial charge in [0, 0.05) is 18.5 Å². The van der Waals surface area contributed by atoms with E-state index in [1.807, 2.05) is 18.2 Å². The van der Waals surface area contributed by atoms with Crippen molar-refractivity contribution in [3.05, 3.63) is 48.0 Å². The summed E-state index contributed by atoms with van der Waals surface area (Å²) in [5, 5.41) is 5.22. The van der Waals surface area contributed by atoms with Gasteiger partial charge in [-0.3, -0.25) is 9.59 Å². The molecule has 0 spiro atoms. The van der Waals surface area contributed by atoms with E-state index < -0.39 is 5.92 Å². The Morgan fingerprint density at radius 2 is 1.96 bits per heavy atom. The molecule has 1 saturated carbocycles. The van der Waals surface area contributed by atoms with Crippen LogP contribution in [-0.2, 0) is 20.7 Å². The van der Waals surface area contributed by atoms with Crippen LogP contribution in [0.4, 0.5) is 0 Å². The second-order valence-corrected chi connectivity index (χ2v) is 7.12. The van der Waals surface area contributed by atoms with E-state index in [1.54, 1.807) is 0 Å². The molecule has 0 radical (unpaired) electrons. The summed E-state index contributed by atoms with van der Waals surface area (Å²) < 4.78 is 4.94. The summed E-state index contributed by atoms with van der Waals surface area (Å²) in [6, 6.07) is 14.4. The number of nitrogens with two attached hydrogens (primary N) is 1. The lowest BCUT2D eigenvalue weighted by Gasteiger charge is -2.17. The molecule has 5 heteroatoms. The van der Waals surface area contributed by atoms with Crippen LogP contribution < -0.4 is 11.1 Å². The quantitative estimate of drug-likeness (QED) is 0.781. The Morgan fingerprint density at radius 1 is 1.19 bits per heavy atom. The van der Waals surface area contributed by atoms with Gasteiger partial charge < -0.3 is 15.8 Å². The van der Waals surface area contributed by atoms with Crippen LogP contribution >= 0.6 is 0 Å². The number of benzene rings is 2. The molecule has 2 aromatic carbocycles. The molecule has 3 N–H and O–H groups in total. The number of fused-ring (bicyclic) bond motifs is 1. The van der Waals surface area contributed by atoms with Crippen molar-refractivity contribution < 1.29 is 14.3 Å². The number of hydrogen-bond donors (Lipinski definition) is 2. The van der Waals surface area contributed by atoms with Crippen LogP contribution in [0.5, 0.6) is 0 Å². The van der Waals surface area contributed by atoms with Crippen LogP contribution in [0.3, 0.4) is 0 Å². The number of nitrogens with one attached hydrogen (secondary N) is 1. The fourth-order valence-electron chi connectivity index (χ4n) is 3.68. The van der Waals surface area contributed by atoms with E-state index in [1.165, 1.54) is 7.11 Å². The van der Waals surface area contributed by atoms with Crippen molar-refractivity contribution in [1.29, 1.82) is 0 Å². The third-order valence-electron chi connectivity index (χ3n) is 5.20. The topological polar surface area (TPSA) is 81.4 Å². The van der Waals surface area contributed by atoms with Gasteiger partial charge in [-0.15, -0.1) is 0 Å². The molecule has 0 heterocycles. The predicted octanol–water partition coefficient (Wildman–Crippen LogP) is 2.42. The first-order chi connectivity index (χ1) is 12.6. The second kappa shape index (κ2) is 8.32. The number of esters is 1. The fraction of sp³-hybridized carbons (Fsp3) is 0.429. The minimum absolute atomic E-state index is 0.00892. The number of methoxy groups -OCH3 is 1. The van der Waals surface area contributed by atoms with Gasteiger partial charge in [0.15, 0.2) is 0 Å². The van der Waals surface area contributed by atoms with E-state index in [0.717, 1.165) is 35.6 Å². The highest BCUT2D eigenvalue weighted by Gasteiger charge is 2.29. The minimum atomic E-state index is -0.403. The van der Waals surface area contributed by atoms with E-state index in [-0.39, 0.29) is 30.4 Å². The van der Waals surface area contributed by atoms with Gasteiger partial charge in [0.2, 0.25) is 5.91 Å². The van der Waals surface area contributed by atoms with Crippen LogP contribution in [0.15, 0.2) is 42.5 Å². The Morgan fingerprint density at radius 3 is 2.65 bits per heavy atom. The molecule has 138 valence electrons. The number of hydrogen-bond acceptors (Lipinski definition) is 4. The molecule has 3 atom stereocenters. The summed E-state index contributed by atoms with van der Waals surface area (Å²) in [5.74, 6) is -0.754. The Labute approximate surface area is 153 Å². The van der Waals surface area contributed by atoms with Crippen LogP contribution in [0.1, 0.15) is 24.8 Å². The number of rotatable bonds is 6. The lowest BCUT2D eigenvalue weighted by Crippen LogP contribution is -2.37. The third-order valence-corrected chi connectivity index (χ3v) is 5.20. The first-order valence-electron chi connectivity index (χ1n) is 9.15. The van der Waals surface area contributed by atoms with Crippen molar-refractivity contribution in [3.8, 4) is 0 Å². The molecule has 5 nitrogen and oxygen atoms in total. The summed E-state index contributed by atoms with van der Waals surface area (Å²) in [4.78, 5) is 24.5. The second-order valence-electron chi connectivity index (χ2n) is 7.12. The molecular formula is C21H26N2O3. The lowest BCUT2D eigenvalue weighted by atomic mass is 9.96. The van der Waals surface area contributed by atoms with Crippen LogP contribution in [0, 0.1) is 11.8 Å².